The number of carbonyl (C=O) groups is 2. The predicted molar refractivity (Wildman–Crippen MR) is 79.0 cm³/mol. The monoisotopic (exact) mass is 309 g/mol. The molecule has 122 valence electrons. The van der Waals surface area contributed by atoms with Crippen molar-refractivity contribution in [3.63, 3.8) is 0 Å². The zero-order chi connectivity index (χ0) is 16.3. The quantitative estimate of drug-likeness (QED) is 0.830. The SMILES string of the molecule is COC(=O)C[C@H]1C(=O)NCCN1Cc1ncc(C(C)(C)C)o1. The lowest BCUT2D eigenvalue weighted by Crippen LogP contribution is -2.55. The molecule has 1 saturated heterocycles. The Morgan fingerprint density at radius 3 is 2.86 bits per heavy atom. The van der Waals surface area contributed by atoms with Crippen molar-refractivity contribution >= 4 is 11.9 Å². The number of oxazole rings is 1. The molecule has 2 rings (SSSR count). The molecule has 1 fully saturated rings. The number of aromatic nitrogens is 1. The minimum absolute atomic E-state index is 0.0230. The summed E-state index contributed by atoms with van der Waals surface area (Å²) in [6.07, 6.45) is 1.74. The fourth-order valence-electron chi connectivity index (χ4n) is 2.32. The van der Waals surface area contributed by atoms with Gasteiger partial charge in [0.1, 0.15) is 11.8 Å². The van der Waals surface area contributed by atoms with Crippen LogP contribution in [0.3, 0.4) is 0 Å². The number of rotatable bonds is 4. The van der Waals surface area contributed by atoms with E-state index >= 15 is 0 Å². The molecule has 7 nitrogen and oxygen atoms in total. The van der Waals surface area contributed by atoms with E-state index in [0.717, 1.165) is 5.76 Å². The highest BCUT2D eigenvalue weighted by molar-refractivity contribution is 5.87. The van der Waals surface area contributed by atoms with Crippen molar-refractivity contribution in [2.24, 2.45) is 0 Å². The molecule has 0 bridgehead atoms. The molecule has 1 atom stereocenters. The number of carbonyl (C=O) groups excluding carboxylic acids is 2. The molecule has 2 heterocycles. The van der Waals surface area contributed by atoms with Crippen molar-refractivity contribution in [3.05, 3.63) is 17.8 Å². The normalized spacial score (nSPS) is 19.8. The number of piperazine rings is 1. The lowest BCUT2D eigenvalue weighted by molar-refractivity contribution is -0.146. The van der Waals surface area contributed by atoms with Crippen LogP contribution in [0, 0.1) is 0 Å². The Morgan fingerprint density at radius 1 is 1.55 bits per heavy atom. The van der Waals surface area contributed by atoms with Crippen molar-refractivity contribution in [1.82, 2.24) is 15.2 Å². The third-order valence-electron chi connectivity index (χ3n) is 3.66. The van der Waals surface area contributed by atoms with Crippen LogP contribution in [0.15, 0.2) is 10.6 Å². The third kappa shape index (κ3) is 3.85. The summed E-state index contributed by atoms with van der Waals surface area (Å²) in [5.41, 5.74) is -0.115. The molecule has 0 saturated carbocycles. The molecule has 7 heteroatoms. The van der Waals surface area contributed by atoms with Crippen molar-refractivity contribution in [1.29, 1.82) is 0 Å². The molecular weight excluding hydrogens is 286 g/mol. The van der Waals surface area contributed by atoms with Gasteiger partial charge < -0.3 is 14.5 Å². The van der Waals surface area contributed by atoms with Crippen molar-refractivity contribution in [3.8, 4) is 0 Å². The Labute approximate surface area is 130 Å². The van der Waals surface area contributed by atoms with E-state index in [1.807, 2.05) is 25.7 Å². The Hall–Kier alpha value is -1.89. The van der Waals surface area contributed by atoms with Gasteiger partial charge >= 0.3 is 5.97 Å². The first-order chi connectivity index (χ1) is 10.3. The molecule has 0 spiro atoms. The second-order valence-electron chi connectivity index (χ2n) is 6.43. The van der Waals surface area contributed by atoms with Crippen molar-refractivity contribution < 1.29 is 18.7 Å². The molecule has 1 aliphatic rings. The van der Waals surface area contributed by atoms with Gasteiger partial charge in [0.25, 0.3) is 0 Å². The van der Waals surface area contributed by atoms with E-state index in [9.17, 15) is 9.59 Å². The topological polar surface area (TPSA) is 84.7 Å². The summed E-state index contributed by atoms with van der Waals surface area (Å²) in [7, 11) is 1.32. The maximum atomic E-state index is 12.0. The number of hydrogen-bond donors (Lipinski definition) is 1. The van der Waals surface area contributed by atoms with Crippen LogP contribution in [0.1, 0.15) is 38.8 Å². The first-order valence-corrected chi connectivity index (χ1v) is 7.35. The summed E-state index contributed by atoms with van der Waals surface area (Å²) in [5, 5.41) is 2.77. The van der Waals surface area contributed by atoms with Crippen molar-refractivity contribution in [2.75, 3.05) is 20.2 Å². The summed E-state index contributed by atoms with van der Waals surface area (Å²) in [5.74, 6) is 0.775. The fourth-order valence-corrected chi connectivity index (χ4v) is 2.32. The van der Waals surface area contributed by atoms with Gasteiger partial charge in [-0.3, -0.25) is 14.5 Å². The van der Waals surface area contributed by atoms with Crippen LogP contribution in [0.5, 0.6) is 0 Å². The van der Waals surface area contributed by atoms with Gasteiger partial charge in [0, 0.05) is 18.5 Å². The van der Waals surface area contributed by atoms with E-state index in [2.05, 4.69) is 15.0 Å². The Morgan fingerprint density at radius 2 is 2.27 bits per heavy atom. The molecule has 0 aromatic carbocycles. The third-order valence-corrected chi connectivity index (χ3v) is 3.66. The van der Waals surface area contributed by atoms with E-state index in [0.29, 0.717) is 25.5 Å². The van der Waals surface area contributed by atoms with Gasteiger partial charge in [0.2, 0.25) is 11.8 Å². The number of amides is 1. The molecule has 1 amide bonds. The lowest BCUT2D eigenvalue weighted by atomic mass is 9.94. The van der Waals surface area contributed by atoms with Crippen LogP contribution < -0.4 is 5.32 Å². The first kappa shape index (κ1) is 16.5. The number of methoxy groups -OCH3 is 1. The fraction of sp³-hybridized carbons (Fsp3) is 0.667. The van der Waals surface area contributed by atoms with E-state index in [-0.39, 0.29) is 17.7 Å². The second kappa shape index (κ2) is 6.48. The molecule has 22 heavy (non-hydrogen) atoms. The molecule has 1 N–H and O–H groups in total. The largest absolute Gasteiger partial charge is 0.469 e. The average Bonchev–Trinajstić information content (AvgIpc) is 2.91. The van der Waals surface area contributed by atoms with E-state index < -0.39 is 12.0 Å². The molecular formula is C15H23N3O4. The van der Waals surface area contributed by atoms with E-state index in [1.54, 1.807) is 6.20 Å². The molecule has 1 aromatic heterocycles. The van der Waals surface area contributed by atoms with Crippen LogP contribution in [0.2, 0.25) is 0 Å². The summed E-state index contributed by atoms with van der Waals surface area (Å²) in [4.78, 5) is 29.7. The molecule has 1 aliphatic heterocycles. The number of nitrogens with one attached hydrogen (secondary N) is 1. The molecule has 1 aromatic rings. The standard InChI is InChI=1S/C15H23N3O4/c1-15(2,3)11-8-17-12(22-11)9-18-6-5-16-14(20)10(18)7-13(19)21-4/h8,10H,5-7,9H2,1-4H3,(H,16,20)/t10-/m0/s1. The van der Waals surface area contributed by atoms with E-state index in [4.69, 9.17) is 4.42 Å². The zero-order valence-corrected chi connectivity index (χ0v) is 13.5. The minimum atomic E-state index is -0.550. The average molecular weight is 309 g/mol. The maximum absolute atomic E-state index is 12.0. The molecule has 0 aliphatic carbocycles. The van der Waals surface area contributed by atoms with Crippen molar-refractivity contribution in [2.45, 2.75) is 45.2 Å². The Kier molecular flexibility index (Phi) is 4.85. The van der Waals surface area contributed by atoms with Gasteiger partial charge in [0.05, 0.1) is 26.3 Å². The van der Waals surface area contributed by atoms with E-state index in [1.165, 1.54) is 7.11 Å². The van der Waals surface area contributed by atoms with Crippen LogP contribution >= 0.6 is 0 Å². The van der Waals surface area contributed by atoms with Gasteiger partial charge in [-0.1, -0.05) is 20.8 Å². The number of esters is 1. The van der Waals surface area contributed by atoms with Gasteiger partial charge in [0.15, 0.2) is 0 Å². The summed E-state index contributed by atoms with van der Waals surface area (Å²) in [6.45, 7) is 7.72. The van der Waals surface area contributed by atoms with Gasteiger partial charge in [-0.15, -0.1) is 0 Å². The number of nitrogens with zero attached hydrogens (tertiary/aromatic N) is 2. The summed E-state index contributed by atoms with van der Waals surface area (Å²) in [6, 6.07) is -0.550. The first-order valence-electron chi connectivity index (χ1n) is 7.35. The van der Waals surface area contributed by atoms with Gasteiger partial charge in [-0.25, -0.2) is 4.98 Å². The second-order valence-corrected chi connectivity index (χ2v) is 6.43. The van der Waals surface area contributed by atoms with Gasteiger partial charge in [-0.2, -0.15) is 0 Å². The predicted octanol–water partition coefficient (Wildman–Crippen LogP) is 0.836. The highest BCUT2D eigenvalue weighted by Gasteiger charge is 2.33. The summed E-state index contributed by atoms with van der Waals surface area (Å²) < 4.78 is 10.4. The van der Waals surface area contributed by atoms with Crippen LogP contribution in [-0.2, 0) is 26.3 Å². The zero-order valence-electron chi connectivity index (χ0n) is 13.5. The lowest BCUT2D eigenvalue weighted by Gasteiger charge is -2.33. The number of ether oxygens (including phenoxy) is 1. The minimum Gasteiger partial charge on any atom is -0.469 e. The number of hydrogen-bond acceptors (Lipinski definition) is 6. The summed E-state index contributed by atoms with van der Waals surface area (Å²) >= 11 is 0. The van der Waals surface area contributed by atoms with Crippen LogP contribution in [0.4, 0.5) is 0 Å². The maximum Gasteiger partial charge on any atom is 0.307 e. The molecule has 0 radical (unpaired) electrons. The van der Waals surface area contributed by atoms with Crippen LogP contribution in [0.25, 0.3) is 0 Å². The van der Waals surface area contributed by atoms with Crippen LogP contribution in [-0.4, -0.2) is 48.0 Å². The smallest absolute Gasteiger partial charge is 0.307 e. The molecule has 0 unspecified atom stereocenters. The highest BCUT2D eigenvalue weighted by Crippen LogP contribution is 2.23. The Balaban J connectivity index is 2.09. The Bertz CT molecular complexity index is 547. The highest BCUT2D eigenvalue weighted by atomic mass is 16.5. The van der Waals surface area contributed by atoms with Gasteiger partial charge in [-0.05, 0) is 0 Å².